The lowest BCUT2D eigenvalue weighted by atomic mass is 10.1. The van der Waals surface area contributed by atoms with Crippen LogP contribution in [0.15, 0.2) is 61.1 Å². The van der Waals surface area contributed by atoms with Crippen molar-refractivity contribution >= 4 is 22.7 Å². The molecule has 1 aromatic carbocycles. The van der Waals surface area contributed by atoms with E-state index in [1.807, 2.05) is 24.3 Å². The summed E-state index contributed by atoms with van der Waals surface area (Å²) in [6, 6.07) is 12.8. The van der Waals surface area contributed by atoms with Gasteiger partial charge in [0.1, 0.15) is 0 Å². The molecule has 6 heteroatoms. The maximum Gasteiger partial charge on any atom is 0.252 e. The fourth-order valence-electron chi connectivity index (χ4n) is 2.25. The Bertz CT molecular complexity index is 865. The third kappa shape index (κ3) is 3.73. The van der Waals surface area contributed by atoms with Crippen molar-refractivity contribution in [3.8, 4) is 0 Å². The van der Waals surface area contributed by atoms with Crippen LogP contribution in [0.25, 0.3) is 10.9 Å². The van der Waals surface area contributed by atoms with E-state index in [9.17, 15) is 9.59 Å². The molecule has 2 amide bonds. The molecule has 0 bridgehead atoms. The van der Waals surface area contributed by atoms with Gasteiger partial charge in [0.15, 0.2) is 0 Å². The normalized spacial score (nSPS) is 10.3. The summed E-state index contributed by atoms with van der Waals surface area (Å²) in [5.74, 6) is -0.436. The highest BCUT2D eigenvalue weighted by Gasteiger charge is 2.08. The van der Waals surface area contributed by atoms with Crippen LogP contribution in [-0.2, 0) is 0 Å². The number of amides is 2. The number of aromatic nitrogens is 2. The fourth-order valence-corrected chi connectivity index (χ4v) is 2.25. The zero-order valence-electron chi connectivity index (χ0n) is 12.9. The molecule has 0 atom stereocenters. The van der Waals surface area contributed by atoms with Gasteiger partial charge in [-0.3, -0.25) is 19.6 Å². The van der Waals surface area contributed by atoms with Gasteiger partial charge in [0.25, 0.3) is 11.8 Å². The number of carbonyl (C=O) groups is 2. The minimum atomic E-state index is -0.219. The second-order valence-electron chi connectivity index (χ2n) is 5.17. The highest BCUT2D eigenvalue weighted by molar-refractivity contribution is 5.97. The van der Waals surface area contributed by atoms with Gasteiger partial charge in [-0.2, -0.15) is 0 Å². The predicted molar refractivity (Wildman–Crippen MR) is 90.6 cm³/mol. The standard InChI is InChI=1S/C18H16N4O2/c23-17(14-5-3-7-19-11-14)20-8-9-21-18(24)15-10-13-4-1-2-6-16(13)22-12-15/h1-7,10-12H,8-9H2,(H,20,23)(H,21,24). The molecule has 0 saturated carbocycles. The molecule has 0 aliphatic heterocycles. The molecule has 120 valence electrons. The van der Waals surface area contributed by atoms with Crippen LogP contribution in [0.5, 0.6) is 0 Å². The number of hydrogen-bond acceptors (Lipinski definition) is 4. The van der Waals surface area contributed by atoms with Crippen molar-refractivity contribution in [1.82, 2.24) is 20.6 Å². The molecule has 0 aliphatic carbocycles. The van der Waals surface area contributed by atoms with Crippen LogP contribution in [0.1, 0.15) is 20.7 Å². The zero-order valence-corrected chi connectivity index (χ0v) is 12.9. The van der Waals surface area contributed by atoms with E-state index in [4.69, 9.17) is 0 Å². The van der Waals surface area contributed by atoms with Crippen LogP contribution in [0.3, 0.4) is 0 Å². The van der Waals surface area contributed by atoms with Crippen LogP contribution < -0.4 is 10.6 Å². The summed E-state index contributed by atoms with van der Waals surface area (Å²) in [5, 5.41) is 6.40. The van der Waals surface area contributed by atoms with Gasteiger partial charge in [0.2, 0.25) is 0 Å². The molecule has 0 aliphatic rings. The fraction of sp³-hybridized carbons (Fsp3) is 0.111. The van der Waals surface area contributed by atoms with Crippen molar-refractivity contribution < 1.29 is 9.59 Å². The van der Waals surface area contributed by atoms with Gasteiger partial charge in [0, 0.05) is 37.1 Å². The summed E-state index contributed by atoms with van der Waals surface area (Å²) in [6.07, 6.45) is 4.65. The van der Waals surface area contributed by atoms with E-state index in [0.29, 0.717) is 24.2 Å². The largest absolute Gasteiger partial charge is 0.350 e. The van der Waals surface area contributed by atoms with Gasteiger partial charge in [-0.1, -0.05) is 18.2 Å². The van der Waals surface area contributed by atoms with Crippen LogP contribution >= 0.6 is 0 Å². The first-order valence-corrected chi connectivity index (χ1v) is 7.55. The Morgan fingerprint density at radius 3 is 2.38 bits per heavy atom. The van der Waals surface area contributed by atoms with Gasteiger partial charge in [-0.05, 0) is 24.3 Å². The number of carbonyl (C=O) groups excluding carboxylic acids is 2. The molecule has 3 aromatic rings. The number of pyridine rings is 2. The van der Waals surface area contributed by atoms with E-state index in [1.165, 1.54) is 6.20 Å². The first-order chi connectivity index (χ1) is 11.7. The van der Waals surface area contributed by atoms with Gasteiger partial charge >= 0.3 is 0 Å². The average Bonchev–Trinajstić information content (AvgIpc) is 2.65. The van der Waals surface area contributed by atoms with Crippen molar-refractivity contribution in [1.29, 1.82) is 0 Å². The molecule has 6 nitrogen and oxygen atoms in total. The van der Waals surface area contributed by atoms with E-state index in [1.54, 1.807) is 30.6 Å². The molecule has 0 saturated heterocycles. The average molecular weight is 320 g/mol. The minimum absolute atomic E-state index is 0.218. The molecular weight excluding hydrogens is 304 g/mol. The van der Waals surface area contributed by atoms with E-state index in [-0.39, 0.29) is 11.8 Å². The molecule has 3 rings (SSSR count). The SMILES string of the molecule is O=C(NCCNC(=O)c1cnc2ccccc2c1)c1cccnc1. The minimum Gasteiger partial charge on any atom is -0.350 e. The first kappa shape index (κ1) is 15.6. The second-order valence-corrected chi connectivity index (χ2v) is 5.17. The Balaban J connectivity index is 1.51. The lowest BCUT2D eigenvalue weighted by Crippen LogP contribution is -2.34. The van der Waals surface area contributed by atoms with E-state index >= 15 is 0 Å². The highest BCUT2D eigenvalue weighted by Crippen LogP contribution is 2.12. The van der Waals surface area contributed by atoms with Gasteiger partial charge in [0.05, 0.1) is 16.6 Å². The monoisotopic (exact) mass is 320 g/mol. The van der Waals surface area contributed by atoms with Crippen molar-refractivity contribution in [3.05, 3.63) is 72.2 Å². The first-order valence-electron chi connectivity index (χ1n) is 7.55. The Labute approximate surface area is 138 Å². The Morgan fingerprint density at radius 2 is 1.62 bits per heavy atom. The van der Waals surface area contributed by atoms with Crippen molar-refractivity contribution in [2.45, 2.75) is 0 Å². The highest BCUT2D eigenvalue weighted by atomic mass is 16.2. The van der Waals surface area contributed by atoms with Crippen LogP contribution in [0.4, 0.5) is 0 Å². The summed E-state index contributed by atoms with van der Waals surface area (Å²) >= 11 is 0. The second kappa shape index (κ2) is 7.32. The Hall–Kier alpha value is -3.28. The lowest BCUT2D eigenvalue weighted by molar-refractivity contribution is 0.0927. The number of para-hydroxylation sites is 1. The van der Waals surface area contributed by atoms with Crippen LogP contribution in [0.2, 0.25) is 0 Å². The van der Waals surface area contributed by atoms with E-state index < -0.39 is 0 Å². The molecule has 2 N–H and O–H groups in total. The van der Waals surface area contributed by atoms with Crippen molar-refractivity contribution in [2.24, 2.45) is 0 Å². The molecule has 2 heterocycles. The van der Waals surface area contributed by atoms with Crippen LogP contribution in [-0.4, -0.2) is 34.9 Å². The number of nitrogens with one attached hydrogen (secondary N) is 2. The van der Waals surface area contributed by atoms with Crippen LogP contribution in [0, 0.1) is 0 Å². The predicted octanol–water partition coefficient (Wildman–Crippen LogP) is 1.79. The maximum atomic E-state index is 12.1. The third-order valence-electron chi connectivity index (χ3n) is 3.47. The maximum absolute atomic E-state index is 12.1. The Morgan fingerprint density at radius 1 is 0.875 bits per heavy atom. The van der Waals surface area contributed by atoms with Gasteiger partial charge in [-0.25, -0.2) is 0 Å². The van der Waals surface area contributed by atoms with Crippen molar-refractivity contribution in [2.75, 3.05) is 13.1 Å². The summed E-state index contributed by atoms with van der Waals surface area (Å²) in [7, 11) is 0. The van der Waals surface area contributed by atoms with Crippen molar-refractivity contribution in [3.63, 3.8) is 0 Å². The van der Waals surface area contributed by atoms with Gasteiger partial charge in [-0.15, -0.1) is 0 Å². The summed E-state index contributed by atoms with van der Waals surface area (Å²) in [4.78, 5) is 32.1. The molecule has 0 radical (unpaired) electrons. The molecular formula is C18H16N4O2. The Kier molecular flexibility index (Phi) is 4.76. The number of nitrogens with zero attached hydrogens (tertiary/aromatic N) is 2. The molecule has 0 fully saturated rings. The third-order valence-corrected chi connectivity index (χ3v) is 3.47. The number of hydrogen-bond donors (Lipinski definition) is 2. The van der Waals surface area contributed by atoms with E-state index in [0.717, 1.165) is 10.9 Å². The number of rotatable bonds is 5. The summed E-state index contributed by atoms with van der Waals surface area (Å²) in [6.45, 7) is 0.665. The van der Waals surface area contributed by atoms with E-state index in [2.05, 4.69) is 20.6 Å². The molecule has 2 aromatic heterocycles. The number of benzene rings is 1. The smallest absolute Gasteiger partial charge is 0.252 e. The quantitative estimate of drug-likeness (QED) is 0.702. The topological polar surface area (TPSA) is 84.0 Å². The van der Waals surface area contributed by atoms with Gasteiger partial charge < -0.3 is 10.6 Å². The lowest BCUT2D eigenvalue weighted by Gasteiger charge is -2.07. The summed E-state index contributed by atoms with van der Waals surface area (Å²) in [5.41, 5.74) is 1.83. The molecule has 24 heavy (non-hydrogen) atoms. The zero-order chi connectivity index (χ0) is 16.8. The molecule has 0 unspecified atom stereocenters. The summed E-state index contributed by atoms with van der Waals surface area (Å²) < 4.78 is 0. The molecule has 0 spiro atoms. The number of fused-ring (bicyclic) bond motifs is 1.